The summed E-state index contributed by atoms with van der Waals surface area (Å²) in [4.78, 5) is 37.0. The number of fused-ring (bicyclic) bond motifs is 2. The molecule has 0 saturated heterocycles. The van der Waals surface area contributed by atoms with Gasteiger partial charge in [0.15, 0.2) is 0 Å². The Morgan fingerprint density at radius 2 is 1.95 bits per heavy atom. The SMILES string of the molecule is CC1(C)C2CCC1(C(=O)Nc1ccccc1F)C(=O)C2=O. The molecule has 2 unspecified atom stereocenters. The van der Waals surface area contributed by atoms with E-state index >= 15 is 0 Å². The largest absolute Gasteiger partial charge is 0.323 e. The van der Waals surface area contributed by atoms with Crippen LogP contribution >= 0.6 is 0 Å². The minimum absolute atomic E-state index is 0.0308. The van der Waals surface area contributed by atoms with Gasteiger partial charge >= 0.3 is 0 Å². The minimum atomic E-state index is -1.36. The van der Waals surface area contributed by atoms with Crippen molar-refractivity contribution in [1.29, 1.82) is 0 Å². The molecule has 0 spiro atoms. The molecule has 2 atom stereocenters. The van der Waals surface area contributed by atoms with E-state index in [2.05, 4.69) is 5.32 Å². The van der Waals surface area contributed by atoms with Crippen LogP contribution in [0.4, 0.5) is 10.1 Å². The molecule has 1 aromatic rings. The summed E-state index contributed by atoms with van der Waals surface area (Å²) in [6, 6.07) is 5.78. The first-order valence-corrected chi connectivity index (χ1v) is 6.97. The number of carbonyl (C=O) groups excluding carboxylic acids is 3. The Morgan fingerprint density at radius 3 is 2.52 bits per heavy atom. The van der Waals surface area contributed by atoms with Crippen molar-refractivity contribution in [3.8, 4) is 0 Å². The number of Topliss-reactive ketones (excluding diaryl/α,β-unsaturated/α-hetero) is 2. The van der Waals surface area contributed by atoms with Crippen molar-refractivity contribution in [2.75, 3.05) is 5.32 Å². The zero-order valence-electron chi connectivity index (χ0n) is 11.9. The highest BCUT2D eigenvalue weighted by atomic mass is 19.1. The number of carbonyl (C=O) groups is 3. The number of nitrogens with one attached hydrogen (secondary N) is 1. The van der Waals surface area contributed by atoms with Crippen molar-refractivity contribution < 1.29 is 18.8 Å². The fourth-order valence-electron chi connectivity index (χ4n) is 3.88. The Kier molecular flexibility index (Phi) is 2.80. The molecule has 5 heteroatoms. The molecule has 2 saturated carbocycles. The first-order valence-electron chi connectivity index (χ1n) is 6.97. The van der Waals surface area contributed by atoms with Gasteiger partial charge in [-0.25, -0.2) is 4.39 Å². The van der Waals surface area contributed by atoms with Crippen molar-refractivity contribution in [2.45, 2.75) is 26.7 Å². The average molecular weight is 289 g/mol. The van der Waals surface area contributed by atoms with Crippen LogP contribution in [0.1, 0.15) is 26.7 Å². The average Bonchev–Trinajstić information content (AvgIpc) is 2.78. The summed E-state index contributed by atoms with van der Waals surface area (Å²) in [5, 5.41) is 2.49. The summed E-state index contributed by atoms with van der Waals surface area (Å²) in [5.41, 5.74) is -2.06. The van der Waals surface area contributed by atoms with Crippen LogP contribution in [0.2, 0.25) is 0 Å². The van der Waals surface area contributed by atoms with Gasteiger partial charge in [0.1, 0.15) is 11.2 Å². The summed E-state index contributed by atoms with van der Waals surface area (Å²) in [6.45, 7) is 3.54. The summed E-state index contributed by atoms with van der Waals surface area (Å²) in [6.07, 6.45) is 0.873. The van der Waals surface area contributed by atoms with E-state index in [4.69, 9.17) is 0 Å². The molecule has 0 aromatic heterocycles. The Hall–Kier alpha value is -2.04. The van der Waals surface area contributed by atoms with Gasteiger partial charge in [0.05, 0.1) is 5.69 Å². The van der Waals surface area contributed by atoms with E-state index in [0.29, 0.717) is 12.8 Å². The standard InChI is InChI=1S/C16H16FNO3/c1-15(2)9-7-8-16(15,13(20)12(9)19)14(21)18-11-6-4-3-5-10(11)17/h3-6,9H,7-8H2,1-2H3,(H,18,21). The second-order valence-electron chi connectivity index (χ2n) is 6.35. The number of rotatable bonds is 2. The lowest BCUT2D eigenvalue weighted by atomic mass is 9.68. The number of amides is 1. The number of ketones is 2. The maximum atomic E-state index is 13.7. The smallest absolute Gasteiger partial charge is 0.239 e. The zero-order valence-corrected chi connectivity index (χ0v) is 11.9. The summed E-state index contributed by atoms with van der Waals surface area (Å²) in [5.74, 6) is -2.63. The number of para-hydroxylation sites is 1. The quantitative estimate of drug-likeness (QED) is 0.671. The predicted molar refractivity (Wildman–Crippen MR) is 74.0 cm³/mol. The van der Waals surface area contributed by atoms with E-state index in [1.807, 2.05) is 0 Å². The molecule has 1 amide bonds. The van der Waals surface area contributed by atoms with Crippen LogP contribution in [0.3, 0.4) is 0 Å². The lowest BCUT2D eigenvalue weighted by molar-refractivity contribution is -0.147. The normalized spacial score (nSPS) is 29.8. The van der Waals surface area contributed by atoms with E-state index in [-0.39, 0.29) is 5.69 Å². The van der Waals surface area contributed by atoms with Gasteiger partial charge in [-0.05, 0) is 30.4 Å². The van der Waals surface area contributed by atoms with E-state index in [9.17, 15) is 18.8 Å². The molecule has 110 valence electrons. The number of hydrogen-bond donors (Lipinski definition) is 1. The summed E-state index contributed by atoms with van der Waals surface area (Å²) in [7, 11) is 0. The molecule has 2 fully saturated rings. The van der Waals surface area contributed by atoms with Gasteiger partial charge in [-0.15, -0.1) is 0 Å². The molecule has 1 N–H and O–H groups in total. The van der Waals surface area contributed by atoms with E-state index < -0.39 is 40.0 Å². The minimum Gasteiger partial charge on any atom is -0.323 e. The number of benzene rings is 1. The third kappa shape index (κ3) is 1.57. The van der Waals surface area contributed by atoms with Crippen molar-refractivity contribution in [2.24, 2.45) is 16.7 Å². The van der Waals surface area contributed by atoms with Crippen LogP contribution in [-0.2, 0) is 14.4 Å². The molecule has 2 aliphatic rings. The fourth-order valence-corrected chi connectivity index (χ4v) is 3.88. The van der Waals surface area contributed by atoms with Crippen LogP contribution in [-0.4, -0.2) is 17.5 Å². The van der Waals surface area contributed by atoms with E-state index in [1.54, 1.807) is 19.9 Å². The molecule has 21 heavy (non-hydrogen) atoms. The monoisotopic (exact) mass is 289 g/mol. The van der Waals surface area contributed by atoms with E-state index in [1.165, 1.54) is 18.2 Å². The first kappa shape index (κ1) is 13.9. The second kappa shape index (κ2) is 4.23. The van der Waals surface area contributed by atoms with Gasteiger partial charge in [0.2, 0.25) is 17.5 Å². The third-order valence-corrected chi connectivity index (χ3v) is 5.22. The van der Waals surface area contributed by atoms with Gasteiger partial charge in [-0.3, -0.25) is 14.4 Å². The third-order valence-electron chi connectivity index (χ3n) is 5.22. The van der Waals surface area contributed by atoms with Gasteiger partial charge < -0.3 is 5.32 Å². The molecule has 2 bridgehead atoms. The topological polar surface area (TPSA) is 63.2 Å². The predicted octanol–water partition coefficient (Wildman–Crippen LogP) is 2.34. The Morgan fingerprint density at radius 1 is 1.29 bits per heavy atom. The van der Waals surface area contributed by atoms with E-state index in [0.717, 1.165) is 0 Å². The second-order valence-corrected chi connectivity index (χ2v) is 6.35. The van der Waals surface area contributed by atoms with Crippen LogP contribution in [0, 0.1) is 22.6 Å². The van der Waals surface area contributed by atoms with Crippen LogP contribution < -0.4 is 5.32 Å². The molecule has 0 aliphatic heterocycles. The molecule has 4 nitrogen and oxygen atoms in total. The van der Waals surface area contributed by atoms with Gasteiger partial charge in [0, 0.05) is 5.92 Å². The van der Waals surface area contributed by atoms with Crippen molar-refractivity contribution in [1.82, 2.24) is 0 Å². The number of halogens is 1. The highest BCUT2D eigenvalue weighted by Gasteiger charge is 2.72. The summed E-state index contributed by atoms with van der Waals surface area (Å²) >= 11 is 0. The van der Waals surface area contributed by atoms with Gasteiger partial charge in [-0.1, -0.05) is 26.0 Å². The first-order chi connectivity index (χ1) is 9.82. The Balaban J connectivity index is 1.99. The number of hydrogen-bond acceptors (Lipinski definition) is 3. The van der Waals surface area contributed by atoms with Crippen LogP contribution in [0.25, 0.3) is 0 Å². The van der Waals surface area contributed by atoms with Gasteiger partial charge in [0.25, 0.3) is 0 Å². The van der Waals surface area contributed by atoms with Crippen LogP contribution in [0.5, 0.6) is 0 Å². The fraction of sp³-hybridized carbons (Fsp3) is 0.438. The highest BCUT2D eigenvalue weighted by Crippen LogP contribution is 2.62. The van der Waals surface area contributed by atoms with Crippen molar-refractivity contribution in [3.05, 3.63) is 30.1 Å². The summed E-state index contributed by atoms with van der Waals surface area (Å²) < 4.78 is 13.7. The van der Waals surface area contributed by atoms with Crippen molar-refractivity contribution >= 4 is 23.2 Å². The molecule has 0 heterocycles. The van der Waals surface area contributed by atoms with Gasteiger partial charge in [-0.2, -0.15) is 0 Å². The lowest BCUT2D eigenvalue weighted by Gasteiger charge is -2.33. The number of anilines is 1. The molecular formula is C16H16FNO3. The highest BCUT2D eigenvalue weighted by molar-refractivity contribution is 6.48. The zero-order chi connectivity index (χ0) is 15.4. The molecule has 2 aliphatic carbocycles. The Bertz CT molecular complexity index is 667. The molecule has 1 aromatic carbocycles. The maximum Gasteiger partial charge on any atom is 0.239 e. The molecule has 0 radical (unpaired) electrons. The van der Waals surface area contributed by atoms with Crippen LogP contribution in [0.15, 0.2) is 24.3 Å². The Labute approximate surface area is 121 Å². The molecular weight excluding hydrogens is 273 g/mol. The lowest BCUT2D eigenvalue weighted by Crippen LogP contribution is -2.47. The molecule has 3 rings (SSSR count). The maximum absolute atomic E-state index is 13.7. The van der Waals surface area contributed by atoms with Crippen molar-refractivity contribution in [3.63, 3.8) is 0 Å².